The average Bonchev–Trinajstić information content (AvgIpc) is 2.96. The number of hydrogen-bond donors (Lipinski definition) is 2. The summed E-state index contributed by atoms with van der Waals surface area (Å²) >= 11 is 0. The quantitative estimate of drug-likeness (QED) is 0.272. The Balaban J connectivity index is 1.92. The molecule has 0 saturated heterocycles. The first kappa shape index (κ1) is 28.9. The Hall–Kier alpha value is -2.65. The van der Waals surface area contributed by atoms with Gasteiger partial charge in [-0.05, 0) is 16.7 Å². The number of halogens is 1. The van der Waals surface area contributed by atoms with Crippen LogP contribution in [0.15, 0.2) is 91.0 Å². The van der Waals surface area contributed by atoms with Gasteiger partial charge in [0.1, 0.15) is 18.4 Å². The molecule has 0 radical (unpaired) electrons. The van der Waals surface area contributed by atoms with Gasteiger partial charge in [0.2, 0.25) is 0 Å². The number of benzene rings is 3. The van der Waals surface area contributed by atoms with Crippen LogP contribution in [0.25, 0.3) is 0 Å². The van der Waals surface area contributed by atoms with E-state index in [-0.39, 0.29) is 19.8 Å². The Morgan fingerprint density at radius 3 is 1.41 bits per heavy atom. The van der Waals surface area contributed by atoms with Crippen molar-refractivity contribution >= 4 is 0 Å². The van der Waals surface area contributed by atoms with E-state index in [1.165, 1.54) is 7.11 Å². The van der Waals surface area contributed by atoms with Crippen molar-refractivity contribution in [1.82, 2.24) is 0 Å². The highest BCUT2D eigenvalue weighted by Gasteiger charge is 2.42. The zero-order valence-electron chi connectivity index (χ0n) is 21.4. The minimum atomic E-state index is -1.57. The number of alkyl halides is 1. The van der Waals surface area contributed by atoms with Gasteiger partial charge in [0, 0.05) is 13.0 Å². The molecule has 0 spiro atoms. The van der Waals surface area contributed by atoms with E-state index in [0.29, 0.717) is 0 Å². The molecule has 7 heteroatoms. The summed E-state index contributed by atoms with van der Waals surface area (Å²) in [4.78, 5) is 0. The maximum absolute atomic E-state index is 14.9. The first-order valence-electron chi connectivity index (χ1n) is 12.5. The number of methoxy groups -OCH3 is 1. The number of hydrogen-bond acceptors (Lipinski definition) is 6. The van der Waals surface area contributed by atoms with Crippen molar-refractivity contribution in [3.63, 3.8) is 0 Å². The van der Waals surface area contributed by atoms with Gasteiger partial charge >= 0.3 is 0 Å². The molecule has 0 amide bonds. The lowest BCUT2D eigenvalue weighted by Gasteiger charge is -2.38. The standard InChI is InChI=1S/C30H37FO6/c1-22(26(31)18-32)27(35-19-23-12-6-3-7-13-23)28(36-20-24-14-8-4-9-15-24)29(30(33)34-2)37-21-25-16-10-5-11-17-25/h3-17,22,26-30,32-33H,18-21H2,1-2H3/t22?,26-,27?,28?,29?,30?/m0/s1. The molecular formula is C30H37FO6. The van der Waals surface area contributed by atoms with Gasteiger partial charge in [-0.25, -0.2) is 4.39 Å². The van der Waals surface area contributed by atoms with Crippen molar-refractivity contribution in [2.45, 2.75) is 57.5 Å². The van der Waals surface area contributed by atoms with Crippen molar-refractivity contribution in [3.05, 3.63) is 108 Å². The van der Waals surface area contributed by atoms with E-state index >= 15 is 0 Å². The van der Waals surface area contributed by atoms with E-state index < -0.39 is 43.3 Å². The normalized spacial score (nSPS) is 16.5. The van der Waals surface area contributed by atoms with Crippen LogP contribution in [0.3, 0.4) is 0 Å². The second-order valence-corrected chi connectivity index (χ2v) is 8.97. The minimum Gasteiger partial charge on any atom is -0.393 e. The number of aliphatic hydroxyl groups excluding tert-OH is 2. The molecule has 0 fully saturated rings. The molecule has 0 aromatic heterocycles. The molecule has 5 unspecified atom stereocenters. The van der Waals surface area contributed by atoms with Crippen LogP contribution in [0.4, 0.5) is 4.39 Å². The molecule has 0 heterocycles. The van der Waals surface area contributed by atoms with Crippen LogP contribution in [0, 0.1) is 5.92 Å². The van der Waals surface area contributed by atoms with Gasteiger partial charge in [-0.15, -0.1) is 0 Å². The molecule has 3 aromatic carbocycles. The average molecular weight is 513 g/mol. The second-order valence-electron chi connectivity index (χ2n) is 8.97. The first-order valence-corrected chi connectivity index (χ1v) is 12.5. The monoisotopic (exact) mass is 512 g/mol. The third-order valence-corrected chi connectivity index (χ3v) is 6.29. The van der Waals surface area contributed by atoms with E-state index in [1.807, 2.05) is 91.0 Å². The van der Waals surface area contributed by atoms with E-state index in [4.69, 9.17) is 18.9 Å². The summed E-state index contributed by atoms with van der Waals surface area (Å²) in [6, 6.07) is 28.6. The summed E-state index contributed by atoms with van der Waals surface area (Å²) in [7, 11) is 1.37. The topological polar surface area (TPSA) is 77.4 Å². The molecule has 6 atom stereocenters. The zero-order chi connectivity index (χ0) is 26.5. The van der Waals surface area contributed by atoms with Crippen LogP contribution in [0.5, 0.6) is 0 Å². The largest absolute Gasteiger partial charge is 0.393 e. The Labute approximate surface area is 218 Å². The van der Waals surface area contributed by atoms with Gasteiger partial charge in [-0.1, -0.05) is 97.9 Å². The summed E-state index contributed by atoms with van der Waals surface area (Å²) in [5, 5.41) is 20.4. The van der Waals surface area contributed by atoms with Crippen LogP contribution >= 0.6 is 0 Å². The third kappa shape index (κ3) is 9.00. The Kier molecular flexibility index (Phi) is 12.2. The van der Waals surface area contributed by atoms with E-state index in [9.17, 15) is 14.6 Å². The Bertz CT molecular complexity index is 991. The second kappa shape index (κ2) is 15.6. The molecule has 3 rings (SSSR count). The molecule has 0 aliphatic heterocycles. The van der Waals surface area contributed by atoms with Crippen molar-refractivity contribution in [3.8, 4) is 0 Å². The Morgan fingerprint density at radius 2 is 1.03 bits per heavy atom. The van der Waals surface area contributed by atoms with Crippen molar-refractivity contribution < 1.29 is 33.6 Å². The highest BCUT2D eigenvalue weighted by Crippen LogP contribution is 2.28. The molecule has 3 aromatic rings. The molecule has 0 aliphatic rings. The lowest BCUT2D eigenvalue weighted by Crippen LogP contribution is -2.52. The summed E-state index contributed by atoms with van der Waals surface area (Å²) in [6.45, 7) is 1.54. The van der Waals surface area contributed by atoms with E-state index in [2.05, 4.69) is 0 Å². The number of aliphatic hydroxyl groups is 2. The van der Waals surface area contributed by atoms with Crippen LogP contribution in [0.1, 0.15) is 23.6 Å². The van der Waals surface area contributed by atoms with Gasteiger partial charge in [-0.2, -0.15) is 0 Å². The smallest absolute Gasteiger partial charge is 0.183 e. The fraction of sp³-hybridized carbons (Fsp3) is 0.400. The summed E-state index contributed by atoms with van der Waals surface area (Å²) < 4.78 is 38.9. The first-order chi connectivity index (χ1) is 18.0. The predicted molar refractivity (Wildman–Crippen MR) is 139 cm³/mol. The Morgan fingerprint density at radius 1 is 0.649 bits per heavy atom. The number of ether oxygens (including phenoxy) is 4. The maximum Gasteiger partial charge on any atom is 0.183 e. The SMILES string of the molecule is COC(O)C(OCc1ccccc1)C(OCc1ccccc1)C(OCc1ccccc1)C(C)[C@@H](F)CO. The van der Waals surface area contributed by atoms with Gasteiger partial charge in [-0.3, -0.25) is 0 Å². The summed E-state index contributed by atoms with van der Waals surface area (Å²) in [5.74, 6) is -0.777. The molecule has 200 valence electrons. The fourth-order valence-corrected chi connectivity index (χ4v) is 4.07. The molecule has 0 bridgehead atoms. The van der Waals surface area contributed by atoms with Crippen LogP contribution in [-0.4, -0.2) is 54.7 Å². The van der Waals surface area contributed by atoms with Gasteiger partial charge < -0.3 is 29.2 Å². The van der Waals surface area contributed by atoms with Crippen LogP contribution in [-0.2, 0) is 38.8 Å². The van der Waals surface area contributed by atoms with Crippen LogP contribution in [0.2, 0.25) is 0 Å². The van der Waals surface area contributed by atoms with Gasteiger partial charge in [0.05, 0.1) is 32.5 Å². The lowest BCUT2D eigenvalue weighted by atomic mass is 9.91. The fourth-order valence-electron chi connectivity index (χ4n) is 4.07. The molecule has 6 nitrogen and oxygen atoms in total. The lowest BCUT2D eigenvalue weighted by molar-refractivity contribution is -0.240. The summed E-state index contributed by atoms with van der Waals surface area (Å²) in [5.41, 5.74) is 2.69. The molecule has 0 aliphatic carbocycles. The third-order valence-electron chi connectivity index (χ3n) is 6.29. The van der Waals surface area contributed by atoms with E-state index in [0.717, 1.165) is 16.7 Å². The minimum absolute atomic E-state index is 0.177. The van der Waals surface area contributed by atoms with Crippen molar-refractivity contribution in [2.75, 3.05) is 13.7 Å². The molecular weight excluding hydrogens is 475 g/mol. The van der Waals surface area contributed by atoms with E-state index in [1.54, 1.807) is 6.92 Å². The molecule has 37 heavy (non-hydrogen) atoms. The van der Waals surface area contributed by atoms with Gasteiger partial charge in [0.25, 0.3) is 0 Å². The highest BCUT2D eigenvalue weighted by molar-refractivity contribution is 5.15. The van der Waals surface area contributed by atoms with Gasteiger partial charge in [0.15, 0.2) is 6.29 Å². The molecule has 2 N–H and O–H groups in total. The van der Waals surface area contributed by atoms with Crippen LogP contribution < -0.4 is 0 Å². The molecule has 0 saturated carbocycles. The zero-order valence-corrected chi connectivity index (χ0v) is 21.4. The summed E-state index contributed by atoms with van der Waals surface area (Å²) in [6.07, 6.45) is -5.76. The maximum atomic E-state index is 14.9. The number of rotatable bonds is 16. The predicted octanol–water partition coefficient (Wildman–Crippen LogP) is 4.67. The van der Waals surface area contributed by atoms with Crippen molar-refractivity contribution in [1.29, 1.82) is 0 Å². The highest BCUT2D eigenvalue weighted by atomic mass is 19.1. The van der Waals surface area contributed by atoms with Crippen molar-refractivity contribution in [2.24, 2.45) is 5.92 Å².